The van der Waals surface area contributed by atoms with Crippen LogP contribution in [0.4, 0.5) is 0 Å². The summed E-state index contributed by atoms with van der Waals surface area (Å²) in [6, 6.07) is 8.18. The minimum atomic E-state index is 0.693. The number of rotatable bonds is 3. The van der Waals surface area contributed by atoms with Gasteiger partial charge in [-0.15, -0.1) is 11.8 Å². The van der Waals surface area contributed by atoms with E-state index in [1.807, 2.05) is 12.1 Å². The predicted octanol–water partition coefficient (Wildman–Crippen LogP) is 2.85. The Kier molecular flexibility index (Phi) is 4.88. The molecule has 3 nitrogen and oxygen atoms in total. The summed E-state index contributed by atoms with van der Waals surface area (Å²) < 4.78 is 6.36. The van der Waals surface area contributed by atoms with Gasteiger partial charge in [-0.25, -0.2) is 0 Å². The van der Waals surface area contributed by atoms with Gasteiger partial charge in [0.05, 0.1) is 19.0 Å². The molecule has 1 fully saturated rings. The highest BCUT2D eigenvalue weighted by atomic mass is 79.9. The van der Waals surface area contributed by atoms with E-state index in [1.54, 1.807) is 11.8 Å². The van der Waals surface area contributed by atoms with E-state index in [0.29, 0.717) is 5.84 Å². The molecule has 1 aliphatic heterocycles. The van der Waals surface area contributed by atoms with E-state index < -0.39 is 0 Å². The van der Waals surface area contributed by atoms with Crippen molar-refractivity contribution in [3.05, 3.63) is 28.7 Å². The molecule has 0 amide bonds. The molecule has 0 bridgehead atoms. The monoisotopic (exact) mass is 314 g/mol. The third kappa shape index (κ3) is 4.01. The molecule has 0 radical (unpaired) electrons. The lowest BCUT2D eigenvalue weighted by Crippen LogP contribution is -2.41. The lowest BCUT2D eigenvalue weighted by molar-refractivity contribution is 0.0676. The van der Waals surface area contributed by atoms with Crippen LogP contribution >= 0.6 is 27.7 Å². The van der Waals surface area contributed by atoms with Crippen LogP contribution in [0.3, 0.4) is 0 Å². The molecule has 0 spiro atoms. The predicted molar refractivity (Wildman–Crippen MR) is 75.0 cm³/mol. The Bertz CT molecular complexity index is 394. The zero-order chi connectivity index (χ0) is 12.1. The van der Waals surface area contributed by atoms with Crippen molar-refractivity contribution in [2.75, 3.05) is 32.1 Å². The summed E-state index contributed by atoms with van der Waals surface area (Å²) in [4.78, 5) is 3.28. The van der Waals surface area contributed by atoms with Crippen LogP contribution in [0.25, 0.3) is 0 Å². The van der Waals surface area contributed by atoms with Crippen molar-refractivity contribution in [3.8, 4) is 0 Å². The average Bonchev–Trinajstić information content (AvgIpc) is 2.37. The van der Waals surface area contributed by atoms with Crippen molar-refractivity contribution in [2.24, 2.45) is 0 Å². The topological polar surface area (TPSA) is 36.3 Å². The van der Waals surface area contributed by atoms with E-state index in [9.17, 15) is 0 Å². The van der Waals surface area contributed by atoms with Gasteiger partial charge in [0.1, 0.15) is 5.84 Å². The number of morpholine rings is 1. The molecule has 17 heavy (non-hydrogen) atoms. The van der Waals surface area contributed by atoms with Crippen molar-refractivity contribution in [2.45, 2.75) is 4.90 Å². The maximum Gasteiger partial charge on any atom is 0.106 e. The van der Waals surface area contributed by atoms with Gasteiger partial charge in [0, 0.05) is 22.5 Å². The molecule has 5 heteroatoms. The minimum absolute atomic E-state index is 0.693. The van der Waals surface area contributed by atoms with Crippen LogP contribution in [0.15, 0.2) is 33.6 Å². The third-order valence-electron chi connectivity index (χ3n) is 2.56. The van der Waals surface area contributed by atoms with Crippen LogP contribution in [0.1, 0.15) is 0 Å². The summed E-state index contributed by atoms with van der Waals surface area (Å²) in [6.07, 6.45) is 0. The van der Waals surface area contributed by atoms with Gasteiger partial charge >= 0.3 is 0 Å². The number of halogens is 1. The third-order valence-corrected chi connectivity index (χ3v) is 4.06. The van der Waals surface area contributed by atoms with Gasteiger partial charge in [-0.1, -0.05) is 22.0 Å². The van der Waals surface area contributed by atoms with Gasteiger partial charge in [-0.2, -0.15) is 0 Å². The summed E-state index contributed by atoms with van der Waals surface area (Å²) in [5.41, 5.74) is 0. The van der Waals surface area contributed by atoms with Crippen molar-refractivity contribution in [3.63, 3.8) is 0 Å². The first kappa shape index (κ1) is 12.9. The summed E-state index contributed by atoms with van der Waals surface area (Å²) in [5, 5.41) is 8.02. The van der Waals surface area contributed by atoms with E-state index in [2.05, 4.69) is 33.0 Å². The molecule has 1 aromatic carbocycles. The molecule has 0 aromatic heterocycles. The van der Waals surface area contributed by atoms with Crippen LogP contribution in [-0.4, -0.2) is 42.8 Å². The Morgan fingerprint density at radius 1 is 1.41 bits per heavy atom. The first-order chi connectivity index (χ1) is 8.25. The van der Waals surface area contributed by atoms with Crippen molar-refractivity contribution in [1.29, 1.82) is 5.41 Å². The fourth-order valence-corrected chi connectivity index (χ4v) is 3.05. The lowest BCUT2D eigenvalue weighted by atomic mass is 10.4. The van der Waals surface area contributed by atoms with Gasteiger partial charge in [0.2, 0.25) is 0 Å². The summed E-state index contributed by atoms with van der Waals surface area (Å²) in [5.74, 6) is 1.41. The average molecular weight is 315 g/mol. The minimum Gasteiger partial charge on any atom is -0.378 e. The first-order valence-electron chi connectivity index (χ1n) is 5.54. The van der Waals surface area contributed by atoms with Gasteiger partial charge in [-0.3, -0.25) is 5.41 Å². The molecular weight excluding hydrogens is 300 g/mol. The van der Waals surface area contributed by atoms with E-state index >= 15 is 0 Å². The van der Waals surface area contributed by atoms with E-state index in [-0.39, 0.29) is 0 Å². The number of nitrogens with zero attached hydrogens (tertiary/aromatic N) is 1. The Morgan fingerprint density at radius 3 is 2.88 bits per heavy atom. The summed E-state index contributed by atoms with van der Waals surface area (Å²) in [7, 11) is 0. The highest BCUT2D eigenvalue weighted by molar-refractivity contribution is 9.10. The maximum atomic E-state index is 8.02. The highest BCUT2D eigenvalue weighted by Crippen LogP contribution is 2.22. The molecule has 1 saturated heterocycles. The zero-order valence-electron chi connectivity index (χ0n) is 9.49. The van der Waals surface area contributed by atoms with E-state index in [0.717, 1.165) is 36.5 Å². The quantitative estimate of drug-likeness (QED) is 0.529. The molecule has 92 valence electrons. The van der Waals surface area contributed by atoms with Gasteiger partial charge in [0.25, 0.3) is 0 Å². The molecule has 0 saturated carbocycles. The normalized spacial score (nSPS) is 15.9. The maximum absolute atomic E-state index is 8.02. The molecule has 1 aliphatic rings. The molecule has 0 aliphatic carbocycles. The van der Waals surface area contributed by atoms with Crippen LogP contribution in [0.5, 0.6) is 0 Å². The molecule has 2 rings (SSSR count). The van der Waals surface area contributed by atoms with Crippen LogP contribution in [-0.2, 0) is 4.74 Å². The fraction of sp³-hybridized carbons (Fsp3) is 0.417. The molecule has 1 aromatic rings. The van der Waals surface area contributed by atoms with Crippen LogP contribution in [0, 0.1) is 5.41 Å². The molecule has 0 unspecified atom stereocenters. The summed E-state index contributed by atoms with van der Waals surface area (Å²) >= 11 is 5.15. The molecular formula is C12H15BrN2OS. The smallest absolute Gasteiger partial charge is 0.106 e. The van der Waals surface area contributed by atoms with Gasteiger partial charge in [0.15, 0.2) is 0 Å². The standard InChI is InChI=1S/C12H15BrN2OS/c13-10-2-1-3-11(8-10)17-9-12(14)15-4-6-16-7-5-15/h1-3,8,14H,4-7,9H2. The number of amidine groups is 1. The Labute approximate surface area is 114 Å². The largest absolute Gasteiger partial charge is 0.378 e. The SMILES string of the molecule is N=C(CSc1cccc(Br)c1)N1CCOCC1. The van der Waals surface area contributed by atoms with Gasteiger partial charge < -0.3 is 9.64 Å². The zero-order valence-corrected chi connectivity index (χ0v) is 11.9. The van der Waals surface area contributed by atoms with Crippen molar-refractivity contribution in [1.82, 2.24) is 4.90 Å². The lowest BCUT2D eigenvalue weighted by Gasteiger charge is -2.28. The summed E-state index contributed by atoms with van der Waals surface area (Å²) in [6.45, 7) is 3.17. The Hall–Kier alpha value is -0.520. The van der Waals surface area contributed by atoms with E-state index in [1.165, 1.54) is 4.90 Å². The van der Waals surface area contributed by atoms with Crippen LogP contribution in [0.2, 0.25) is 0 Å². The number of nitrogens with one attached hydrogen (secondary N) is 1. The van der Waals surface area contributed by atoms with Crippen LogP contribution < -0.4 is 0 Å². The molecule has 1 N–H and O–H groups in total. The van der Waals surface area contributed by atoms with Crippen molar-refractivity contribution >= 4 is 33.5 Å². The second-order valence-corrected chi connectivity index (χ2v) is 5.76. The molecule has 0 atom stereocenters. The Morgan fingerprint density at radius 2 is 2.18 bits per heavy atom. The number of benzene rings is 1. The number of ether oxygens (including phenoxy) is 1. The fourth-order valence-electron chi connectivity index (χ4n) is 1.63. The van der Waals surface area contributed by atoms with Gasteiger partial charge in [-0.05, 0) is 18.2 Å². The van der Waals surface area contributed by atoms with Crippen molar-refractivity contribution < 1.29 is 4.74 Å². The second kappa shape index (κ2) is 6.42. The second-order valence-electron chi connectivity index (χ2n) is 3.79. The number of hydrogen-bond donors (Lipinski definition) is 1. The van der Waals surface area contributed by atoms with E-state index in [4.69, 9.17) is 10.1 Å². The first-order valence-corrected chi connectivity index (χ1v) is 7.32. The highest BCUT2D eigenvalue weighted by Gasteiger charge is 2.13. The molecule has 1 heterocycles. The Balaban J connectivity index is 1.83. The number of hydrogen-bond acceptors (Lipinski definition) is 3. The number of thioether (sulfide) groups is 1.